The number of nitrogens with zero attached hydrogens (tertiary/aromatic N) is 2. The number of rotatable bonds is 4. The van der Waals surface area contributed by atoms with E-state index in [9.17, 15) is 18.0 Å². The number of carbonyl (C=O) groups excluding carboxylic acids is 2. The molecule has 0 N–H and O–H groups in total. The summed E-state index contributed by atoms with van der Waals surface area (Å²) in [4.78, 5) is 29.6. The molecule has 1 saturated heterocycles. The highest BCUT2D eigenvalue weighted by Gasteiger charge is 2.32. The Balaban J connectivity index is 1.58. The van der Waals surface area contributed by atoms with Crippen molar-refractivity contribution in [2.24, 2.45) is 0 Å². The average Bonchev–Trinajstić information content (AvgIpc) is 3.16. The summed E-state index contributed by atoms with van der Waals surface area (Å²) in [5, 5.41) is 0. The summed E-state index contributed by atoms with van der Waals surface area (Å²) >= 11 is 1.41. The van der Waals surface area contributed by atoms with Crippen LogP contribution in [0.5, 0.6) is 0 Å². The lowest BCUT2D eigenvalue weighted by Crippen LogP contribution is -2.40. The van der Waals surface area contributed by atoms with E-state index in [4.69, 9.17) is 4.74 Å². The molecule has 1 aromatic carbocycles. The third kappa shape index (κ3) is 3.57. The second-order valence-corrected chi connectivity index (χ2v) is 8.79. The van der Waals surface area contributed by atoms with Gasteiger partial charge in [-0.1, -0.05) is 0 Å². The molecule has 2 aromatic rings. The smallest absolute Gasteiger partial charge is 0.338 e. The van der Waals surface area contributed by atoms with Gasteiger partial charge in [0.2, 0.25) is 0 Å². The van der Waals surface area contributed by atoms with E-state index in [1.807, 2.05) is 0 Å². The number of thiazole rings is 1. The number of amides is 1. The van der Waals surface area contributed by atoms with E-state index in [0.29, 0.717) is 12.0 Å². The Morgan fingerprint density at radius 3 is 2.92 bits per heavy atom. The molecular weight excluding hydrogens is 352 g/mol. The fourth-order valence-electron chi connectivity index (χ4n) is 2.58. The fraction of sp³-hybridized carbons (Fsp3) is 0.400. The van der Waals surface area contributed by atoms with Gasteiger partial charge in [-0.2, -0.15) is 0 Å². The summed E-state index contributed by atoms with van der Waals surface area (Å²) < 4.78 is 28.9. The van der Waals surface area contributed by atoms with E-state index < -0.39 is 28.3 Å². The van der Waals surface area contributed by atoms with Crippen molar-refractivity contribution in [3.8, 4) is 0 Å². The predicted octanol–water partition coefficient (Wildman–Crippen LogP) is 1.10. The van der Waals surface area contributed by atoms with Crippen molar-refractivity contribution in [1.82, 2.24) is 9.88 Å². The molecule has 1 aliphatic rings. The van der Waals surface area contributed by atoms with E-state index in [1.165, 1.54) is 23.3 Å². The highest BCUT2D eigenvalue weighted by Crippen LogP contribution is 2.20. The summed E-state index contributed by atoms with van der Waals surface area (Å²) in [6, 6.07) is 4.64. The van der Waals surface area contributed by atoms with Gasteiger partial charge in [0.25, 0.3) is 5.91 Å². The first-order valence-corrected chi connectivity index (χ1v) is 10.0. The van der Waals surface area contributed by atoms with E-state index in [0.717, 1.165) is 10.2 Å². The number of sulfone groups is 1. The van der Waals surface area contributed by atoms with Crippen molar-refractivity contribution in [2.45, 2.75) is 12.5 Å². The van der Waals surface area contributed by atoms with Gasteiger partial charge in [-0.3, -0.25) is 4.79 Å². The molecule has 0 saturated carbocycles. The van der Waals surface area contributed by atoms with Gasteiger partial charge in [0.05, 0.1) is 32.8 Å². The average molecular weight is 368 g/mol. The molecule has 7 nitrogen and oxygen atoms in total. The van der Waals surface area contributed by atoms with Crippen molar-refractivity contribution >= 4 is 43.3 Å². The number of benzene rings is 1. The van der Waals surface area contributed by atoms with E-state index in [1.54, 1.807) is 23.7 Å². The first-order chi connectivity index (χ1) is 11.4. The van der Waals surface area contributed by atoms with Crippen LogP contribution in [-0.2, 0) is 19.4 Å². The molecule has 1 amide bonds. The maximum atomic E-state index is 12.1. The number of carbonyl (C=O) groups is 2. The molecule has 1 atom stereocenters. The molecule has 1 aromatic heterocycles. The Labute approximate surface area is 143 Å². The summed E-state index contributed by atoms with van der Waals surface area (Å²) in [6.45, 7) is -0.410. The Bertz CT molecular complexity index is 890. The number of ether oxygens (including phenoxy) is 1. The van der Waals surface area contributed by atoms with Crippen LogP contribution in [0, 0.1) is 0 Å². The van der Waals surface area contributed by atoms with Crippen molar-refractivity contribution < 1.29 is 22.7 Å². The second-order valence-electron chi connectivity index (χ2n) is 5.67. The van der Waals surface area contributed by atoms with Crippen LogP contribution >= 0.6 is 11.3 Å². The second kappa shape index (κ2) is 6.48. The lowest BCUT2D eigenvalue weighted by molar-refractivity contribution is -0.134. The first kappa shape index (κ1) is 16.8. The molecule has 0 aliphatic carbocycles. The molecule has 24 heavy (non-hydrogen) atoms. The van der Waals surface area contributed by atoms with Crippen LogP contribution in [0.25, 0.3) is 10.2 Å². The molecule has 1 aliphatic heterocycles. The molecule has 0 unspecified atom stereocenters. The Kier molecular flexibility index (Phi) is 4.55. The van der Waals surface area contributed by atoms with Gasteiger partial charge in [-0.25, -0.2) is 18.2 Å². The molecule has 9 heteroatoms. The number of hydrogen-bond donors (Lipinski definition) is 0. The zero-order chi connectivity index (χ0) is 17.3. The standard InChI is InChI=1S/C15H16N2O5S2/c1-17(11-4-5-24(20,21)8-11)14(18)7-22-15(19)10-2-3-12-13(6-10)23-9-16-12/h2-3,6,9,11H,4-5,7-8H2,1H3/t11-/m0/s1. The van der Waals surface area contributed by atoms with Crippen molar-refractivity contribution in [1.29, 1.82) is 0 Å². The normalized spacial score (nSPS) is 19.3. The van der Waals surface area contributed by atoms with Crippen molar-refractivity contribution in [3.63, 3.8) is 0 Å². The van der Waals surface area contributed by atoms with Crippen LogP contribution in [0.3, 0.4) is 0 Å². The molecule has 0 bridgehead atoms. The number of esters is 1. The van der Waals surface area contributed by atoms with Crippen LogP contribution < -0.4 is 0 Å². The summed E-state index contributed by atoms with van der Waals surface area (Å²) in [5.41, 5.74) is 2.84. The van der Waals surface area contributed by atoms with Gasteiger partial charge in [0.15, 0.2) is 16.4 Å². The van der Waals surface area contributed by atoms with E-state index >= 15 is 0 Å². The number of hydrogen-bond acceptors (Lipinski definition) is 7. The maximum absolute atomic E-state index is 12.1. The number of likely N-dealkylation sites (N-methyl/N-ethyl adjacent to an activating group) is 1. The zero-order valence-corrected chi connectivity index (χ0v) is 14.6. The monoisotopic (exact) mass is 368 g/mol. The highest BCUT2D eigenvalue weighted by molar-refractivity contribution is 7.91. The molecule has 128 valence electrons. The SMILES string of the molecule is CN(C(=O)COC(=O)c1ccc2ncsc2c1)[C@H]1CCS(=O)(=O)C1. The topological polar surface area (TPSA) is 93.6 Å². The van der Waals surface area contributed by atoms with Crippen molar-refractivity contribution in [3.05, 3.63) is 29.3 Å². The molecule has 2 heterocycles. The molecule has 0 radical (unpaired) electrons. The minimum Gasteiger partial charge on any atom is -0.452 e. The Hall–Kier alpha value is -2.00. The zero-order valence-electron chi connectivity index (χ0n) is 13.0. The van der Waals surface area contributed by atoms with E-state index in [-0.39, 0.29) is 17.5 Å². The van der Waals surface area contributed by atoms with Crippen LogP contribution in [-0.4, -0.2) is 61.4 Å². The Morgan fingerprint density at radius 2 is 2.21 bits per heavy atom. The number of aromatic nitrogens is 1. The summed E-state index contributed by atoms with van der Waals surface area (Å²) in [6.07, 6.45) is 0.417. The quantitative estimate of drug-likeness (QED) is 0.750. The van der Waals surface area contributed by atoms with Gasteiger partial charge in [-0.15, -0.1) is 11.3 Å². The fourth-order valence-corrected chi connectivity index (χ4v) is 5.07. The third-order valence-electron chi connectivity index (χ3n) is 4.04. The molecule has 0 spiro atoms. The minimum atomic E-state index is -3.07. The van der Waals surface area contributed by atoms with Crippen LogP contribution in [0.2, 0.25) is 0 Å². The largest absolute Gasteiger partial charge is 0.452 e. The third-order valence-corrected chi connectivity index (χ3v) is 6.59. The van der Waals surface area contributed by atoms with Gasteiger partial charge >= 0.3 is 5.97 Å². The summed E-state index contributed by atoms with van der Waals surface area (Å²) in [5.74, 6) is -0.953. The Morgan fingerprint density at radius 1 is 1.42 bits per heavy atom. The van der Waals surface area contributed by atoms with Crippen LogP contribution in [0.1, 0.15) is 16.8 Å². The van der Waals surface area contributed by atoms with Crippen molar-refractivity contribution in [2.75, 3.05) is 25.2 Å². The first-order valence-electron chi connectivity index (χ1n) is 7.32. The lowest BCUT2D eigenvalue weighted by atomic mass is 10.2. The summed E-state index contributed by atoms with van der Waals surface area (Å²) in [7, 11) is -1.54. The van der Waals surface area contributed by atoms with Gasteiger partial charge in [0.1, 0.15) is 0 Å². The maximum Gasteiger partial charge on any atom is 0.338 e. The van der Waals surface area contributed by atoms with Gasteiger partial charge in [0, 0.05) is 13.1 Å². The van der Waals surface area contributed by atoms with Crippen LogP contribution in [0.15, 0.2) is 23.7 Å². The van der Waals surface area contributed by atoms with Gasteiger partial charge in [-0.05, 0) is 24.6 Å². The molecule has 1 fully saturated rings. The van der Waals surface area contributed by atoms with Crippen LogP contribution in [0.4, 0.5) is 0 Å². The predicted molar refractivity (Wildman–Crippen MR) is 89.7 cm³/mol. The van der Waals surface area contributed by atoms with Gasteiger partial charge < -0.3 is 9.64 Å². The lowest BCUT2D eigenvalue weighted by Gasteiger charge is -2.23. The molecular formula is C15H16N2O5S2. The highest BCUT2D eigenvalue weighted by atomic mass is 32.2. The minimum absolute atomic E-state index is 0.0365. The number of fused-ring (bicyclic) bond motifs is 1. The van der Waals surface area contributed by atoms with E-state index in [2.05, 4.69) is 4.98 Å². The molecule has 3 rings (SSSR count).